The van der Waals surface area contributed by atoms with Gasteiger partial charge in [-0.25, -0.2) is 4.98 Å². The molecule has 0 spiro atoms. The first kappa shape index (κ1) is 18.5. The van der Waals surface area contributed by atoms with E-state index < -0.39 is 0 Å². The molecule has 0 bridgehead atoms. The Bertz CT molecular complexity index is 898. The molecule has 1 saturated heterocycles. The van der Waals surface area contributed by atoms with Gasteiger partial charge in [0, 0.05) is 30.5 Å². The fourth-order valence-electron chi connectivity index (χ4n) is 3.83. The first-order valence-corrected chi connectivity index (χ1v) is 10.1. The Labute approximate surface area is 167 Å². The highest BCUT2D eigenvalue weighted by Crippen LogP contribution is 2.25. The Hall–Kier alpha value is -2.88. The average molecular weight is 373 g/mol. The Morgan fingerprint density at radius 3 is 2.36 bits per heavy atom. The number of aryl methyl sites for hydroxylation is 2. The van der Waals surface area contributed by atoms with Crippen molar-refractivity contribution in [3.63, 3.8) is 0 Å². The molecular weight excluding hydrogens is 344 g/mol. The van der Waals surface area contributed by atoms with Crippen LogP contribution in [0.4, 0.5) is 17.5 Å². The van der Waals surface area contributed by atoms with Crippen molar-refractivity contribution in [3.8, 4) is 0 Å². The van der Waals surface area contributed by atoms with E-state index in [0.29, 0.717) is 0 Å². The summed E-state index contributed by atoms with van der Waals surface area (Å²) in [5.41, 5.74) is 4.74. The minimum absolute atomic E-state index is 0.744. The summed E-state index contributed by atoms with van der Waals surface area (Å²) in [7, 11) is 0. The first-order chi connectivity index (χ1) is 13.7. The van der Waals surface area contributed by atoms with Gasteiger partial charge in [-0.3, -0.25) is 0 Å². The lowest BCUT2D eigenvalue weighted by atomic mass is 9.90. The molecule has 0 amide bonds. The third-order valence-corrected chi connectivity index (χ3v) is 5.43. The van der Waals surface area contributed by atoms with Crippen LogP contribution < -0.4 is 10.2 Å². The molecule has 0 atom stereocenters. The van der Waals surface area contributed by atoms with E-state index in [4.69, 9.17) is 9.97 Å². The SMILES string of the molecule is Cc1ccc(Nc2cc(C)nc(N3CCC(Cc4ccccc4)CC3)n2)cc1. The summed E-state index contributed by atoms with van der Waals surface area (Å²) in [4.78, 5) is 11.8. The standard InChI is InChI=1S/C24H28N4/c1-18-8-10-22(11-9-18)26-23-16-19(2)25-24(27-23)28-14-12-21(13-15-28)17-20-6-4-3-5-7-20/h3-11,16,21H,12-15,17H2,1-2H3,(H,25,26,27). The van der Waals surface area contributed by atoms with Crippen molar-refractivity contribution in [1.82, 2.24) is 9.97 Å². The van der Waals surface area contributed by atoms with E-state index in [1.807, 2.05) is 13.0 Å². The van der Waals surface area contributed by atoms with Crippen LogP contribution in [-0.4, -0.2) is 23.1 Å². The van der Waals surface area contributed by atoms with Gasteiger partial charge >= 0.3 is 0 Å². The van der Waals surface area contributed by atoms with Crippen LogP contribution in [0.5, 0.6) is 0 Å². The van der Waals surface area contributed by atoms with E-state index >= 15 is 0 Å². The highest BCUT2D eigenvalue weighted by Gasteiger charge is 2.21. The van der Waals surface area contributed by atoms with Crippen molar-refractivity contribution in [2.45, 2.75) is 33.1 Å². The number of piperidine rings is 1. The van der Waals surface area contributed by atoms with Crippen LogP contribution in [0.15, 0.2) is 60.7 Å². The van der Waals surface area contributed by atoms with E-state index in [2.05, 4.69) is 71.7 Å². The zero-order valence-electron chi connectivity index (χ0n) is 16.7. The molecular formula is C24H28N4. The van der Waals surface area contributed by atoms with Gasteiger partial charge in [0.05, 0.1) is 0 Å². The fraction of sp³-hybridized carbons (Fsp3) is 0.333. The van der Waals surface area contributed by atoms with Crippen LogP contribution in [0.3, 0.4) is 0 Å². The van der Waals surface area contributed by atoms with E-state index in [9.17, 15) is 0 Å². The topological polar surface area (TPSA) is 41.1 Å². The number of aromatic nitrogens is 2. The molecule has 0 unspecified atom stereocenters. The number of nitrogens with zero attached hydrogens (tertiary/aromatic N) is 3. The molecule has 2 aromatic carbocycles. The summed E-state index contributed by atoms with van der Waals surface area (Å²) < 4.78 is 0. The third kappa shape index (κ3) is 4.69. The Balaban J connectivity index is 1.40. The lowest BCUT2D eigenvalue weighted by molar-refractivity contribution is 0.400. The van der Waals surface area contributed by atoms with Crippen LogP contribution in [0, 0.1) is 19.8 Å². The van der Waals surface area contributed by atoms with E-state index in [-0.39, 0.29) is 0 Å². The molecule has 3 aromatic rings. The molecule has 1 N–H and O–H groups in total. The molecule has 28 heavy (non-hydrogen) atoms. The molecule has 1 aliphatic heterocycles. The van der Waals surface area contributed by atoms with Crippen LogP contribution in [0.25, 0.3) is 0 Å². The minimum Gasteiger partial charge on any atom is -0.341 e. The van der Waals surface area contributed by atoms with Gasteiger partial charge in [-0.2, -0.15) is 4.98 Å². The molecule has 0 aliphatic carbocycles. The number of rotatable bonds is 5. The molecule has 0 radical (unpaired) electrons. The summed E-state index contributed by atoms with van der Waals surface area (Å²) >= 11 is 0. The van der Waals surface area contributed by atoms with Crippen LogP contribution >= 0.6 is 0 Å². The number of benzene rings is 2. The Morgan fingerprint density at radius 2 is 1.64 bits per heavy atom. The van der Waals surface area contributed by atoms with Crippen LogP contribution in [-0.2, 0) is 6.42 Å². The Kier molecular flexibility index (Phi) is 5.56. The lowest BCUT2D eigenvalue weighted by Gasteiger charge is -2.32. The first-order valence-electron chi connectivity index (χ1n) is 10.1. The molecule has 2 heterocycles. The second-order valence-electron chi connectivity index (χ2n) is 7.81. The predicted octanol–water partition coefficient (Wildman–Crippen LogP) is 5.30. The smallest absolute Gasteiger partial charge is 0.227 e. The van der Waals surface area contributed by atoms with Gasteiger partial charge in [-0.15, -0.1) is 0 Å². The van der Waals surface area contributed by atoms with Crippen LogP contribution in [0.1, 0.15) is 29.7 Å². The fourth-order valence-corrected chi connectivity index (χ4v) is 3.83. The van der Waals surface area contributed by atoms with Gasteiger partial charge in [-0.1, -0.05) is 48.0 Å². The minimum atomic E-state index is 0.744. The predicted molar refractivity (Wildman–Crippen MR) is 116 cm³/mol. The number of hydrogen-bond acceptors (Lipinski definition) is 4. The summed E-state index contributed by atoms with van der Waals surface area (Å²) in [6, 6.07) is 21.2. The number of anilines is 3. The van der Waals surface area contributed by atoms with Gasteiger partial charge in [0.25, 0.3) is 0 Å². The summed E-state index contributed by atoms with van der Waals surface area (Å²) in [5.74, 6) is 2.44. The second-order valence-corrected chi connectivity index (χ2v) is 7.81. The van der Waals surface area contributed by atoms with Crippen molar-refractivity contribution in [2.24, 2.45) is 5.92 Å². The highest BCUT2D eigenvalue weighted by atomic mass is 15.3. The summed E-state index contributed by atoms with van der Waals surface area (Å²) in [6.07, 6.45) is 3.55. The summed E-state index contributed by atoms with van der Waals surface area (Å²) in [5, 5.41) is 3.42. The van der Waals surface area contributed by atoms with Gasteiger partial charge in [0.2, 0.25) is 5.95 Å². The normalized spacial score (nSPS) is 14.9. The number of nitrogens with one attached hydrogen (secondary N) is 1. The average Bonchev–Trinajstić information content (AvgIpc) is 2.71. The maximum absolute atomic E-state index is 4.79. The zero-order chi connectivity index (χ0) is 19.3. The molecule has 1 aliphatic rings. The van der Waals surface area contributed by atoms with Gasteiger partial charge < -0.3 is 10.2 Å². The summed E-state index contributed by atoms with van der Waals surface area (Å²) in [6.45, 7) is 6.17. The van der Waals surface area contributed by atoms with E-state index in [1.54, 1.807) is 0 Å². The molecule has 1 aromatic heterocycles. The van der Waals surface area contributed by atoms with E-state index in [1.165, 1.54) is 30.4 Å². The molecule has 4 nitrogen and oxygen atoms in total. The second kappa shape index (κ2) is 8.42. The lowest BCUT2D eigenvalue weighted by Crippen LogP contribution is -2.35. The van der Waals surface area contributed by atoms with Crippen molar-refractivity contribution in [3.05, 3.63) is 77.5 Å². The largest absolute Gasteiger partial charge is 0.341 e. The molecule has 144 valence electrons. The molecule has 4 heteroatoms. The third-order valence-electron chi connectivity index (χ3n) is 5.43. The zero-order valence-corrected chi connectivity index (χ0v) is 16.7. The maximum atomic E-state index is 4.79. The molecule has 1 fully saturated rings. The van der Waals surface area contributed by atoms with Gasteiger partial charge in [0.1, 0.15) is 5.82 Å². The monoisotopic (exact) mass is 372 g/mol. The van der Waals surface area contributed by atoms with Gasteiger partial charge in [-0.05, 0) is 56.7 Å². The van der Waals surface area contributed by atoms with Gasteiger partial charge in [0.15, 0.2) is 0 Å². The van der Waals surface area contributed by atoms with Crippen LogP contribution in [0.2, 0.25) is 0 Å². The van der Waals surface area contributed by atoms with E-state index in [0.717, 1.165) is 42.2 Å². The highest BCUT2D eigenvalue weighted by molar-refractivity contribution is 5.58. The molecule has 0 saturated carbocycles. The maximum Gasteiger partial charge on any atom is 0.227 e. The van der Waals surface area contributed by atoms with Crippen molar-refractivity contribution < 1.29 is 0 Å². The Morgan fingerprint density at radius 1 is 0.929 bits per heavy atom. The quantitative estimate of drug-likeness (QED) is 0.660. The van der Waals surface area contributed by atoms with Crippen molar-refractivity contribution in [1.29, 1.82) is 0 Å². The molecule has 4 rings (SSSR count). The van der Waals surface area contributed by atoms with Crippen molar-refractivity contribution >= 4 is 17.5 Å². The van der Waals surface area contributed by atoms with Crippen molar-refractivity contribution in [2.75, 3.05) is 23.3 Å². The number of hydrogen-bond donors (Lipinski definition) is 1.